The van der Waals surface area contributed by atoms with Crippen molar-refractivity contribution in [2.75, 3.05) is 5.32 Å². The molecule has 3 amide bonds. The van der Waals surface area contributed by atoms with Crippen LogP contribution in [0.15, 0.2) is 42.5 Å². The summed E-state index contributed by atoms with van der Waals surface area (Å²) in [5.74, 6) is -0.0215. The largest absolute Gasteiger partial charge is 0.337 e. The van der Waals surface area contributed by atoms with Gasteiger partial charge in [-0.15, -0.1) is 0 Å². The highest BCUT2D eigenvalue weighted by Gasteiger charge is 2.09. The molecule has 0 bridgehead atoms. The van der Waals surface area contributed by atoms with Gasteiger partial charge in [-0.25, -0.2) is 10.2 Å². The molecule has 24 heavy (non-hydrogen) atoms. The topological polar surface area (TPSA) is 70.2 Å². The van der Waals surface area contributed by atoms with Gasteiger partial charge in [0.15, 0.2) is 0 Å². The van der Waals surface area contributed by atoms with E-state index in [0.29, 0.717) is 27.2 Å². The predicted molar refractivity (Wildman–Crippen MR) is 96.6 cm³/mol. The number of rotatable bonds is 3. The predicted octanol–water partition coefficient (Wildman–Crippen LogP) is 4.58. The van der Waals surface area contributed by atoms with Gasteiger partial charge < -0.3 is 5.32 Å². The molecular weight excluding hydrogens is 349 g/mol. The maximum Gasteiger partial charge on any atom is 0.337 e. The number of carbonyl (C=O) groups excluding carboxylic acids is 2. The molecule has 2 aromatic carbocycles. The molecule has 2 rings (SSSR count). The fourth-order valence-electron chi connectivity index (χ4n) is 1.94. The smallest absolute Gasteiger partial charge is 0.307 e. The van der Waals surface area contributed by atoms with E-state index >= 15 is 0 Å². The summed E-state index contributed by atoms with van der Waals surface area (Å²) >= 11 is 11.7. The van der Waals surface area contributed by atoms with Crippen LogP contribution in [-0.4, -0.2) is 11.9 Å². The Labute approximate surface area is 150 Å². The lowest BCUT2D eigenvalue weighted by atomic mass is 10.0. The van der Waals surface area contributed by atoms with Gasteiger partial charge in [-0.1, -0.05) is 49.2 Å². The number of hydrogen-bond donors (Lipinski definition) is 3. The zero-order valence-electron chi connectivity index (χ0n) is 13.2. The van der Waals surface area contributed by atoms with E-state index in [-0.39, 0.29) is 0 Å². The van der Waals surface area contributed by atoms with E-state index in [4.69, 9.17) is 23.2 Å². The quantitative estimate of drug-likeness (QED) is 0.696. The number of anilines is 1. The van der Waals surface area contributed by atoms with Crippen molar-refractivity contribution in [1.29, 1.82) is 0 Å². The maximum atomic E-state index is 12.0. The van der Waals surface area contributed by atoms with Crippen LogP contribution in [0.25, 0.3) is 0 Å². The summed E-state index contributed by atoms with van der Waals surface area (Å²) in [5.41, 5.74) is 6.65. The number of carbonyl (C=O) groups is 2. The molecule has 0 spiro atoms. The van der Waals surface area contributed by atoms with Crippen LogP contribution >= 0.6 is 23.2 Å². The highest BCUT2D eigenvalue weighted by atomic mass is 35.5. The highest BCUT2D eigenvalue weighted by molar-refractivity contribution is 6.42. The third kappa shape index (κ3) is 4.88. The summed E-state index contributed by atoms with van der Waals surface area (Å²) in [5, 5.41) is 3.25. The number of nitrogens with one attached hydrogen (secondary N) is 3. The molecule has 126 valence electrons. The van der Waals surface area contributed by atoms with Gasteiger partial charge in [-0.2, -0.15) is 0 Å². The molecule has 0 aliphatic carbocycles. The lowest BCUT2D eigenvalue weighted by Gasteiger charge is -2.10. The molecule has 2 aromatic rings. The zero-order valence-corrected chi connectivity index (χ0v) is 14.7. The van der Waals surface area contributed by atoms with Gasteiger partial charge in [-0.3, -0.25) is 10.2 Å². The Morgan fingerprint density at radius 2 is 1.58 bits per heavy atom. The van der Waals surface area contributed by atoms with Crippen LogP contribution in [-0.2, 0) is 0 Å². The van der Waals surface area contributed by atoms with E-state index in [0.717, 1.165) is 5.56 Å². The molecule has 5 nitrogen and oxygen atoms in total. The van der Waals surface area contributed by atoms with Crippen molar-refractivity contribution in [1.82, 2.24) is 10.9 Å². The average molecular weight is 366 g/mol. The Morgan fingerprint density at radius 3 is 2.17 bits per heavy atom. The Balaban J connectivity index is 1.88. The SMILES string of the molecule is CC(C)c1ccc(C(=O)NNC(=O)Nc2ccc(Cl)c(Cl)c2)cc1. The molecule has 0 saturated heterocycles. The molecule has 3 N–H and O–H groups in total. The van der Waals surface area contributed by atoms with Crippen molar-refractivity contribution in [2.45, 2.75) is 19.8 Å². The number of hydrazine groups is 1. The minimum absolute atomic E-state index is 0.323. The van der Waals surface area contributed by atoms with E-state index in [1.165, 1.54) is 6.07 Å². The Hall–Kier alpha value is -2.24. The van der Waals surface area contributed by atoms with Crippen LogP contribution in [0.3, 0.4) is 0 Å². The van der Waals surface area contributed by atoms with Crippen molar-refractivity contribution in [3.63, 3.8) is 0 Å². The van der Waals surface area contributed by atoms with Gasteiger partial charge in [0.1, 0.15) is 0 Å². The molecular formula is C17H17Cl2N3O2. The van der Waals surface area contributed by atoms with Crippen LogP contribution in [0.4, 0.5) is 10.5 Å². The lowest BCUT2D eigenvalue weighted by Crippen LogP contribution is -2.43. The Bertz CT molecular complexity index is 746. The molecule has 0 unspecified atom stereocenters. The molecule has 0 aliphatic rings. The van der Waals surface area contributed by atoms with E-state index in [1.807, 2.05) is 12.1 Å². The van der Waals surface area contributed by atoms with Crippen molar-refractivity contribution in [3.05, 3.63) is 63.6 Å². The van der Waals surface area contributed by atoms with Crippen LogP contribution < -0.4 is 16.2 Å². The van der Waals surface area contributed by atoms with Crippen molar-refractivity contribution < 1.29 is 9.59 Å². The zero-order chi connectivity index (χ0) is 17.7. The van der Waals surface area contributed by atoms with E-state index in [1.54, 1.807) is 24.3 Å². The second kappa shape index (κ2) is 8.04. The van der Waals surface area contributed by atoms with Gasteiger partial charge in [-0.05, 0) is 41.8 Å². The van der Waals surface area contributed by atoms with Gasteiger partial charge in [0.25, 0.3) is 5.91 Å². The van der Waals surface area contributed by atoms with Gasteiger partial charge >= 0.3 is 6.03 Å². The number of halogens is 2. The van der Waals surface area contributed by atoms with Crippen LogP contribution in [0.2, 0.25) is 10.0 Å². The summed E-state index contributed by atoms with van der Waals surface area (Å²) in [6.07, 6.45) is 0. The Morgan fingerprint density at radius 1 is 0.917 bits per heavy atom. The molecule has 0 fully saturated rings. The average Bonchev–Trinajstić information content (AvgIpc) is 2.56. The second-order valence-corrected chi connectivity index (χ2v) is 6.25. The fourth-order valence-corrected chi connectivity index (χ4v) is 2.24. The molecule has 0 heterocycles. The monoisotopic (exact) mass is 365 g/mol. The summed E-state index contributed by atoms with van der Waals surface area (Å²) in [7, 11) is 0. The maximum absolute atomic E-state index is 12.0. The normalized spacial score (nSPS) is 10.4. The molecule has 7 heteroatoms. The summed E-state index contributed by atoms with van der Waals surface area (Å²) in [6.45, 7) is 4.15. The molecule has 0 radical (unpaired) electrons. The van der Waals surface area contributed by atoms with Crippen molar-refractivity contribution in [3.8, 4) is 0 Å². The first kappa shape index (κ1) is 18.1. The second-order valence-electron chi connectivity index (χ2n) is 5.44. The molecule has 0 aliphatic heterocycles. The number of hydrogen-bond acceptors (Lipinski definition) is 2. The molecule has 0 atom stereocenters. The van der Waals surface area contributed by atoms with E-state index in [2.05, 4.69) is 30.0 Å². The summed E-state index contributed by atoms with van der Waals surface area (Å²) in [4.78, 5) is 23.8. The van der Waals surface area contributed by atoms with Gasteiger partial charge in [0, 0.05) is 11.3 Å². The van der Waals surface area contributed by atoms with Gasteiger partial charge in [0.05, 0.1) is 10.0 Å². The standard InChI is InChI=1S/C17H17Cl2N3O2/c1-10(2)11-3-5-12(6-4-11)16(23)21-22-17(24)20-13-7-8-14(18)15(19)9-13/h3-10H,1-2H3,(H,21,23)(H2,20,22,24). The number of amides is 3. The van der Waals surface area contributed by atoms with Crippen LogP contribution in [0.1, 0.15) is 35.7 Å². The van der Waals surface area contributed by atoms with Crippen LogP contribution in [0.5, 0.6) is 0 Å². The summed E-state index contributed by atoms with van der Waals surface area (Å²) < 4.78 is 0. The van der Waals surface area contributed by atoms with Gasteiger partial charge in [0.2, 0.25) is 0 Å². The van der Waals surface area contributed by atoms with Crippen LogP contribution in [0, 0.1) is 0 Å². The minimum Gasteiger partial charge on any atom is -0.307 e. The van der Waals surface area contributed by atoms with E-state index < -0.39 is 11.9 Å². The third-order valence-corrected chi connectivity index (χ3v) is 4.05. The number of urea groups is 1. The first-order valence-corrected chi connectivity index (χ1v) is 8.04. The third-order valence-electron chi connectivity index (χ3n) is 3.31. The first-order chi connectivity index (χ1) is 11.4. The lowest BCUT2D eigenvalue weighted by molar-refractivity contribution is 0.0938. The molecule has 0 saturated carbocycles. The first-order valence-electron chi connectivity index (χ1n) is 7.29. The highest BCUT2D eigenvalue weighted by Crippen LogP contribution is 2.24. The Kier molecular flexibility index (Phi) is 6.06. The fraction of sp³-hybridized carbons (Fsp3) is 0.176. The molecule has 0 aromatic heterocycles. The van der Waals surface area contributed by atoms with Crippen molar-refractivity contribution >= 4 is 40.8 Å². The van der Waals surface area contributed by atoms with Crippen molar-refractivity contribution in [2.24, 2.45) is 0 Å². The summed E-state index contributed by atoms with van der Waals surface area (Å²) in [6, 6.07) is 11.3. The van der Waals surface area contributed by atoms with E-state index in [9.17, 15) is 9.59 Å². The number of benzene rings is 2. The minimum atomic E-state index is -0.597.